The number of benzene rings is 2. The molecule has 0 fully saturated rings. The lowest BCUT2D eigenvalue weighted by Gasteiger charge is -2.07. The molecule has 1 aromatic heterocycles. The lowest BCUT2D eigenvalue weighted by molar-refractivity contribution is 0.794. The molecule has 7 heteroatoms. The second-order valence-electron chi connectivity index (χ2n) is 4.98. The fraction of sp³-hybridized carbons (Fsp3) is 0.125. The molecule has 118 valence electrons. The topological polar surface area (TPSA) is 56.7 Å². The highest BCUT2D eigenvalue weighted by Crippen LogP contribution is 2.31. The normalized spacial score (nSPS) is 10.9. The van der Waals surface area contributed by atoms with Crippen LogP contribution in [0.1, 0.15) is 5.56 Å². The van der Waals surface area contributed by atoms with Crippen LogP contribution in [0, 0.1) is 0 Å². The molecule has 0 spiro atoms. The summed E-state index contributed by atoms with van der Waals surface area (Å²) in [5, 5.41) is 10.6. The van der Waals surface area contributed by atoms with Crippen molar-refractivity contribution in [1.29, 1.82) is 0 Å². The van der Waals surface area contributed by atoms with Gasteiger partial charge >= 0.3 is 0 Å². The summed E-state index contributed by atoms with van der Waals surface area (Å²) in [5.74, 6) is 1.42. The van der Waals surface area contributed by atoms with E-state index < -0.39 is 0 Å². The molecule has 0 saturated carbocycles. The standard InChI is InChI=1S/C16H14Cl2N4S/c1-22-15(10-5-7-11(19)8-6-10)20-21-16(22)23-9-12-13(17)3-2-4-14(12)18/h2-8H,9,19H2,1H3. The summed E-state index contributed by atoms with van der Waals surface area (Å²) in [5.41, 5.74) is 8.31. The van der Waals surface area contributed by atoms with Gasteiger partial charge in [0.25, 0.3) is 0 Å². The predicted molar refractivity (Wildman–Crippen MR) is 96.9 cm³/mol. The zero-order valence-corrected chi connectivity index (χ0v) is 14.7. The van der Waals surface area contributed by atoms with Gasteiger partial charge in [0.05, 0.1) is 0 Å². The molecule has 1 heterocycles. The van der Waals surface area contributed by atoms with Crippen LogP contribution in [-0.2, 0) is 12.8 Å². The van der Waals surface area contributed by atoms with Crippen molar-refractivity contribution in [3.63, 3.8) is 0 Å². The first-order chi connectivity index (χ1) is 11.1. The zero-order valence-electron chi connectivity index (χ0n) is 12.3. The van der Waals surface area contributed by atoms with Gasteiger partial charge in [-0.05, 0) is 42.0 Å². The zero-order chi connectivity index (χ0) is 16.4. The Bertz CT molecular complexity index is 810. The third-order valence-corrected chi connectivity index (χ3v) is 5.17. The van der Waals surface area contributed by atoms with E-state index in [9.17, 15) is 0 Å². The van der Waals surface area contributed by atoms with Crippen LogP contribution < -0.4 is 5.73 Å². The first-order valence-electron chi connectivity index (χ1n) is 6.87. The van der Waals surface area contributed by atoms with Crippen LogP contribution in [-0.4, -0.2) is 14.8 Å². The molecule has 2 aromatic carbocycles. The Morgan fingerprint density at radius 2 is 1.70 bits per heavy atom. The van der Waals surface area contributed by atoms with E-state index in [-0.39, 0.29) is 0 Å². The van der Waals surface area contributed by atoms with Crippen LogP contribution in [0.2, 0.25) is 10.0 Å². The van der Waals surface area contributed by atoms with Crippen molar-refractivity contribution in [2.24, 2.45) is 7.05 Å². The molecule has 4 nitrogen and oxygen atoms in total. The fourth-order valence-electron chi connectivity index (χ4n) is 2.13. The van der Waals surface area contributed by atoms with Gasteiger partial charge in [-0.15, -0.1) is 10.2 Å². The molecule has 3 aromatic rings. The quantitative estimate of drug-likeness (QED) is 0.540. The van der Waals surface area contributed by atoms with E-state index in [1.54, 1.807) is 11.8 Å². The third-order valence-electron chi connectivity index (χ3n) is 3.41. The number of hydrogen-bond acceptors (Lipinski definition) is 4. The van der Waals surface area contributed by atoms with E-state index in [1.165, 1.54) is 0 Å². The average Bonchev–Trinajstić information content (AvgIpc) is 2.89. The first kappa shape index (κ1) is 16.2. The van der Waals surface area contributed by atoms with Crippen LogP contribution >= 0.6 is 35.0 Å². The van der Waals surface area contributed by atoms with Gasteiger partial charge in [0.15, 0.2) is 11.0 Å². The first-order valence-corrected chi connectivity index (χ1v) is 8.61. The van der Waals surface area contributed by atoms with Gasteiger partial charge in [-0.1, -0.05) is 41.0 Å². The van der Waals surface area contributed by atoms with Crippen molar-refractivity contribution in [2.75, 3.05) is 5.73 Å². The van der Waals surface area contributed by atoms with E-state index in [0.29, 0.717) is 15.8 Å². The highest BCUT2D eigenvalue weighted by atomic mass is 35.5. The number of nitrogens with zero attached hydrogens (tertiary/aromatic N) is 3. The summed E-state index contributed by atoms with van der Waals surface area (Å²) < 4.78 is 1.95. The van der Waals surface area contributed by atoms with Crippen LogP contribution in [0.3, 0.4) is 0 Å². The van der Waals surface area contributed by atoms with E-state index in [1.807, 2.05) is 54.1 Å². The van der Waals surface area contributed by atoms with Crippen LogP contribution in [0.4, 0.5) is 5.69 Å². The van der Waals surface area contributed by atoms with Crippen LogP contribution in [0.15, 0.2) is 47.6 Å². The molecular weight excluding hydrogens is 351 g/mol. The summed E-state index contributed by atoms with van der Waals surface area (Å²) >= 11 is 13.9. The smallest absolute Gasteiger partial charge is 0.191 e. The molecule has 2 N–H and O–H groups in total. The largest absolute Gasteiger partial charge is 0.399 e. The SMILES string of the molecule is Cn1c(SCc2c(Cl)cccc2Cl)nnc1-c1ccc(N)cc1. The summed E-state index contributed by atoms with van der Waals surface area (Å²) in [6, 6.07) is 13.1. The van der Waals surface area contributed by atoms with Crippen LogP contribution in [0.25, 0.3) is 11.4 Å². The lowest BCUT2D eigenvalue weighted by Crippen LogP contribution is -1.95. The van der Waals surface area contributed by atoms with Gasteiger partial charge in [-0.25, -0.2) is 0 Å². The Morgan fingerprint density at radius 1 is 1.04 bits per heavy atom. The molecule has 0 amide bonds. The molecule has 0 saturated heterocycles. The number of nitrogens with two attached hydrogens (primary N) is 1. The Labute approximate surface area is 148 Å². The second kappa shape index (κ2) is 6.83. The van der Waals surface area contributed by atoms with Crippen molar-refractivity contribution in [3.8, 4) is 11.4 Å². The molecule has 3 rings (SSSR count). The van der Waals surface area contributed by atoms with E-state index in [4.69, 9.17) is 28.9 Å². The van der Waals surface area contributed by atoms with Crippen molar-refractivity contribution in [3.05, 3.63) is 58.1 Å². The van der Waals surface area contributed by atoms with E-state index in [0.717, 1.165) is 27.8 Å². The second-order valence-corrected chi connectivity index (χ2v) is 6.73. The summed E-state index contributed by atoms with van der Waals surface area (Å²) in [7, 11) is 1.93. The molecule has 0 atom stereocenters. The minimum atomic E-state index is 0.631. The maximum atomic E-state index is 6.20. The number of nitrogen functional groups attached to an aromatic ring is 1. The number of rotatable bonds is 4. The van der Waals surface area contributed by atoms with Crippen molar-refractivity contribution < 1.29 is 0 Å². The predicted octanol–water partition coefficient (Wildman–Crippen LogP) is 4.66. The van der Waals surface area contributed by atoms with Gasteiger partial charge in [0.2, 0.25) is 0 Å². The van der Waals surface area contributed by atoms with Crippen molar-refractivity contribution >= 4 is 40.7 Å². The highest BCUT2D eigenvalue weighted by molar-refractivity contribution is 7.98. The van der Waals surface area contributed by atoms with Gasteiger partial charge in [-0.2, -0.15) is 0 Å². The number of hydrogen-bond donors (Lipinski definition) is 1. The maximum Gasteiger partial charge on any atom is 0.191 e. The molecule has 0 bridgehead atoms. The molecule has 0 aliphatic carbocycles. The molecular formula is C16H14Cl2N4S. The molecule has 0 unspecified atom stereocenters. The Kier molecular flexibility index (Phi) is 4.80. The molecule has 0 radical (unpaired) electrons. The van der Waals surface area contributed by atoms with Crippen molar-refractivity contribution in [1.82, 2.24) is 14.8 Å². The highest BCUT2D eigenvalue weighted by Gasteiger charge is 2.13. The number of aromatic nitrogens is 3. The van der Waals surface area contributed by atoms with Crippen LogP contribution in [0.5, 0.6) is 0 Å². The minimum absolute atomic E-state index is 0.631. The third kappa shape index (κ3) is 3.47. The van der Waals surface area contributed by atoms with Gasteiger partial charge in [0, 0.05) is 34.1 Å². The van der Waals surface area contributed by atoms with Gasteiger partial charge < -0.3 is 10.3 Å². The number of halogens is 2. The van der Waals surface area contributed by atoms with Gasteiger partial charge in [-0.3, -0.25) is 0 Å². The number of thioether (sulfide) groups is 1. The Morgan fingerprint density at radius 3 is 2.35 bits per heavy atom. The average molecular weight is 365 g/mol. The minimum Gasteiger partial charge on any atom is -0.399 e. The van der Waals surface area contributed by atoms with Crippen molar-refractivity contribution in [2.45, 2.75) is 10.9 Å². The summed E-state index contributed by atoms with van der Waals surface area (Å²) in [4.78, 5) is 0. The summed E-state index contributed by atoms with van der Waals surface area (Å²) in [6.45, 7) is 0. The fourth-order valence-corrected chi connectivity index (χ4v) is 3.78. The monoisotopic (exact) mass is 364 g/mol. The Balaban J connectivity index is 1.81. The lowest BCUT2D eigenvalue weighted by atomic mass is 10.2. The van der Waals surface area contributed by atoms with Gasteiger partial charge in [0.1, 0.15) is 0 Å². The Hall–Kier alpha value is -1.69. The maximum absolute atomic E-state index is 6.20. The van der Waals surface area contributed by atoms with E-state index >= 15 is 0 Å². The molecule has 0 aliphatic rings. The number of anilines is 1. The molecule has 23 heavy (non-hydrogen) atoms. The van der Waals surface area contributed by atoms with E-state index in [2.05, 4.69) is 10.2 Å². The molecule has 0 aliphatic heterocycles. The summed E-state index contributed by atoms with van der Waals surface area (Å²) in [6.07, 6.45) is 0.